The molecule has 0 saturated heterocycles. The van der Waals surface area contributed by atoms with Crippen molar-refractivity contribution in [2.45, 2.75) is 6.10 Å². The smallest absolute Gasteiger partial charge is 0.274 e. The maximum Gasteiger partial charge on any atom is 0.274 e. The van der Waals surface area contributed by atoms with Crippen LogP contribution in [-0.2, 0) is 14.8 Å². The summed E-state index contributed by atoms with van der Waals surface area (Å²) in [5.74, 6) is -1.08. The molecule has 0 spiro atoms. The second-order valence-corrected chi connectivity index (χ2v) is 7.11. The molecule has 2 rings (SSSR count). The third kappa shape index (κ3) is 4.31. The molecule has 128 valence electrons. The van der Waals surface area contributed by atoms with E-state index in [2.05, 4.69) is 0 Å². The predicted molar refractivity (Wildman–Crippen MR) is 90.0 cm³/mol. The maximum atomic E-state index is 12.0. The van der Waals surface area contributed by atoms with Gasteiger partial charge in [-0.15, -0.1) is 0 Å². The molecular weight excluding hydrogens is 332 g/mol. The number of nitrogens with one attached hydrogen (secondary N) is 1. The quantitative estimate of drug-likeness (QED) is 0.532. The number of hydrogen-bond acceptors (Lipinski definition) is 5. The van der Waals surface area contributed by atoms with Crippen LogP contribution in [-0.4, -0.2) is 43.5 Å². The third-order valence-electron chi connectivity index (χ3n) is 3.41. The third-order valence-corrected chi connectivity index (χ3v) is 4.57. The highest BCUT2D eigenvalue weighted by Gasteiger charge is 2.25. The second kappa shape index (κ2) is 7.43. The van der Waals surface area contributed by atoms with E-state index >= 15 is 0 Å². The average molecular weight is 350 g/mol. The Morgan fingerprint density at radius 2 is 1.62 bits per heavy atom. The van der Waals surface area contributed by atoms with Gasteiger partial charge < -0.3 is 5.11 Å². The Morgan fingerprint density at radius 1 is 1.08 bits per heavy atom. The van der Waals surface area contributed by atoms with E-state index in [0.717, 1.165) is 21.7 Å². The van der Waals surface area contributed by atoms with Gasteiger partial charge in [0.25, 0.3) is 5.91 Å². The lowest BCUT2D eigenvalue weighted by Crippen LogP contribution is -2.44. The summed E-state index contributed by atoms with van der Waals surface area (Å²) in [6, 6.07) is 16.2. The van der Waals surface area contributed by atoms with Crippen molar-refractivity contribution in [3.05, 3.63) is 54.6 Å². The molecule has 2 aromatic carbocycles. The Labute approximate surface area is 140 Å². The van der Waals surface area contributed by atoms with Crippen molar-refractivity contribution in [2.75, 3.05) is 17.1 Å². The fraction of sp³-hybridized carbons (Fsp3) is 0.188. The number of carbonyl (C=O) groups is 1. The van der Waals surface area contributed by atoms with E-state index in [0.29, 0.717) is 5.69 Å². The first-order valence-electron chi connectivity index (χ1n) is 7.08. The van der Waals surface area contributed by atoms with E-state index in [1.54, 1.807) is 24.3 Å². The molecule has 1 unspecified atom stereocenters. The SMILES string of the molecule is CS(=O)(=O)N(CC(O)C(=O)NO)c1ccc(-c2ccccc2)cc1. The molecule has 1 amide bonds. The number of nitrogens with zero attached hydrogens (tertiary/aromatic N) is 1. The molecule has 0 aliphatic carbocycles. The Balaban J connectivity index is 2.29. The first kappa shape index (κ1) is 17.9. The van der Waals surface area contributed by atoms with E-state index in [1.807, 2.05) is 30.3 Å². The Bertz CT molecular complexity index is 791. The number of aliphatic hydroxyl groups is 1. The number of amides is 1. The van der Waals surface area contributed by atoms with Crippen LogP contribution in [0.4, 0.5) is 5.69 Å². The highest BCUT2D eigenvalue weighted by Crippen LogP contribution is 2.24. The lowest BCUT2D eigenvalue weighted by atomic mass is 10.1. The maximum absolute atomic E-state index is 12.0. The summed E-state index contributed by atoms with van der Waals surface area (Å²) in [6.45, 7) is -0.504. The Morgan fingerprint density at radius 3 is 2.12 bits per heavy atom. The summed E-state index contributed by atoms with van der Waals surface area (Å²) in [4.78, 5) is 11.2. The van der Waals surface area contributed by atoms with Gasteiger partial charge in [-0.25, -0.2) is 13.9 Å². The van der Waals surface area contributed by atoms with Crippen molar-refractivity contribution in [2.24, 2.45) is 0 Å². The zero-order valence-corrected chi connectivity index (χ0v) is 13.8. The summed E-state index contributed by atoms with van der Waals surface area (Å²) in [5, 5.41) is 18.2. The van der Waals surface area contributed by atoms with Gasteiger partial charge in [0.2, 0.25) is 10.0 Å². The molecule has 1 atom stereocenters. The van der Waals surface area contributed by atoms with Crippen LogP contribution in [0.25, 0.3) is 11.1 Å². The molecular formula is C16H18N2O5S. The van der Waals surface area contributed by atoms with Gasteiger partial charge in [-0.05, 0) is 23.3 Å². The zero-order chi connectivity index (χ0) is 17.7. The average Bonchev–Trinajstić information content (AvgIpc) is 2.58. The normalized spacial score (nSPS) is 12.5. The molecule has 3 N–H and O–H groups in total. The van der Waals surface area contributed by atoms with Crippen LogP contribution < -0.4 is 9.79 Å². The molecule has 0 heterocycles. The Hall–Kier alpha value is -2.42. The van der Waals surface area contributed by atoms with E-state index in [4.69, 9.17) is 5.21 Å². The van der Waals surface area contributed by atoms with Gasteiger partial charge in [0, 0.05) is 0 Å². The molecule has 24 heavy (non-hydrogen) atoms. The standard InChI is InChI=1S/C16H18N2O5S/c1-24(22,23)18(11-15(19)16(20)17-21)14-9-7-13(8-10-14)12-5-3-2-4-6-12/h2-10,15,19,21H,11H2,1H3,(H,17,20). The van der Waals surface area contributed by atoms with Gasteiger partial charge in [0.1, 0.15) is 0 Å². The summed E-state index contributed by atoms with van der Waals surface area (Å²) in [7, 11) is -3.72. The van der Waals surface area contributed by atoms with Gasteiger partial charge in [-0.3, -0.25) is 14.3 Å². The van der Waals surface area contributed by atoms with E-state index in [-0.39, 0.29) is 0 Å². The number of rotatable bonds is 6. The van der Waals surface area contributed by atoms with Crippen LogP contribution in [0.3, 0.4) is 0 Å². The molecule has 0 aromatic heterocycles. The predicted octanol–water partition coefficient (Wildman–Crippen LogP) is 0.986. The molecule has 0 saturated carbocycles. The second-order valence-electron chi connectivity index (χ2n) is 5.20. The number of carbonyl (C=O) groups excluding carboxylic acids is 1. The number of hydroxylamine groups is 1. The van der Waals surface area contributed by atoms with E-state index < -0.39 is 28.6 Å². The summed E-state index contributed by atoms with van der Waals surface area (Å²) < 4.78 is 24.8. The molecule has 0 radical (unpaired) electrons. The zero-order valence-electron chi connectivity index (χ0n) is 13.0. The monoisotopic (exact) mass is 350 g/mol. The lowest BCUT2D eigenvalue weighted by molar-refractivity contribution is -0.137. The molecule has 0 aliphatic heterocycles. The largest absolute Gasteiger partial charge is 0.381 e. The highest BCUT2D eigenvalue weighted by atomic mass is 32.2. The molecule has 8 heteroatoms. The number of aliphatic hydroxyl groups excluding tert-OH is 1. The minimum atomic E-state index is -3.72. The van der Waals surface area contributed by atoms with Gasteiger partial charge in [-0.1, -0.05) is 42.5 Å². The number of sulfonamides is 1. The van der Waals surface area contributed by atoms with Crippen molar-refractivity contribution < 1.29 is 23.5 Å². The minimum Gasteiger partial charge on any atom is -0.381 e. The van der Waals surface area contributed by atoms with Gasteiger partial charge in [0.15, 0.2) is 6.10 Å². The van der Waals surface area contributed by atoms with Gasteiger partial charge in [0.05, 0.1) is 18.5 Å². The van der Waals surface area contributed by atoms with Gasteiger partial charge >= 0.3 is 0 Å². The first-order chi connectivity index (χ1) is 11.3. The molecule has 0 fully saturated rings. The van der Waals surface area contributed by atoms with Crippen LogP contribution >= 0.6 is 0 Å². The summed E-state index contributed by atoms with van der Waals surface area (Å²) in [5.41, 5.74) is 3.49. The number of hydrogen-bond donors (Lipinski definition) is 3. The van der Waals surface area contributed by atoms with Crippen molar-refractivity contribution in [1.29, 1.82) is 0 Å². The van der Waals surface area contributed by atoms with Crippen LogP contribution in [0.2, 0.25) is 0 Å². The molecule has 0 aliphatic rings. The van der Waals surface area contributed by atoms with Crippen molar-refractivity contribution in [1.82, 2.24) is 5.48 Å². The Kier molecular flexibility index (Phi) is 5.55. The highest BCUT2D eigenvalue weighted by molar-refractivity contribution is 7.92. The minimum absolute atomic E-state index is 0.307. The fourth-order valence-electron chi connectivity index (χ4n) is 2.20. The van der Waals surface area contributed by atoms with E-state index in [1.165, 1.54) is 5.48 Å². The summed E-state index contributed by atoms with van der Waals surface area (Å²) >= 11 is 0. The van der Waals surface area contributed by atoms with Gasteiger partial charge in [-0.2, -0.15) is 0 Å². The molecule has 2 aromatic rings. The fourth-order valence-corrected chi connectivity index (χ4v) is 3.11. The van der Waals surface area contributed by atoms with Crippen LogP contribution in [0, 0.1) is 0 Å². The topological polar surface area (TPSA) is 107 Å². The van der Waals surface area contributed by atoms with Crippen LogP contribution in [0.1, 0.15) is 0 Å². The summed E-state index contributed by atoms with van der Waals surface area (Å²) in [6.07, 6.45) is -0.722. The first-order valence-corrected chi connectivity index (χ1v) is 8.93. The van der Waals surface area contributed by atoms with Crippen molar-refractivity contribution >= 4 is 21.6 Å². The van der Waals surface area contributed by atoms with Crippen LogP contribution in [0.15, 0.2) is 54.6 Å². The number of benzene rings is 2. The van der Waals surface area contributed by atoms with Crippen molar-refractivity contribution in [3.63, 3.8) is 0 Å². The molecule has 7 nitrogen and oxygen atoms in total. The van der Waals surface area contributed by atoms with Crippen LogP contribution in [0.5, 0.6) is 0 Å². The lowest BCUT2D eigenvalue weighted by Gasteiger charge is -2.24. The number of anilines is 1. The van der Waals surface area contributed by atoms with E-state index in [9.17, 15) is 18.3 Å². The molecule has 0 bridgehead atoms. The van der Waals surface area contributed by atoms with Crippen molar-refractivity contribution in [3.8, 4) is 11.1 Å².